The van der Waals surface area contributed by atoms with Crippen molar-refractivity contribution in [1.29, 1.82) is 0 Å². The van der Waals surface area contributed by atoms with Gasteiger partial charge in [0.2, 0.25) is 0 Å². The van der Waals surface area contributed by atoms with Gasteiger partial charge in [-0.15, -0.1) is 0 Å². The van der Waals surface area contributed by atoms with Crippen LogP contribution in [0.5, 0.6) is 0 Å². The zero-order chi connectivity index (χ0) is 12.2. The lowest BCUT2D eigenvalue weighted by Gasteiger charge is -2.40. The second-order valence-electron chi connectivity index (χ2n) is 5.97. The minimum absolute atomic E-state index is 0.151. The number of nitrogens with zero attached hydrogens (tertiary/aromatic N) is 1. The fourth-order valence-electron chi connectivity index (χ4n) is 2.15. The molecule has 1 heteroatoms. The first-order valence-electron chi connectivity index (χ1n) is 6.05. The first-order chi connectivity index (χ1) is 6.70. The fraction of sp³-hybridized carbons (Fsp3) is 0.857. The molecule has 0 aliphatic heterocycles. The highest BCUT2D eigenvalue weighted by Crippen LogP contribution is 2.32. The van der Waals surface area contributed by atoms with E-state index >= 15 is 0 Å². The van der Waals surface area contributed by atoms with Gasteiger partial charge in [0.1, 0.15) is 0 Å². The minimum atomic E-state index is 0.151. The predicted molar refractivity (Wildman–Crippen MR) is 70.1 cm³/mol. The van der Waals surface area contributed by atoms with Crippen molar-refractivity contribution in [2.75, 3.05) is 14.1 Å². The van der Waals surface area contributed by atoms with Crippen LogP contribution in [0.15, 0.2) is 12.2 Å². The lowest BCUT2D eigenvalue weighted by Crippen LogP contribution is -2.44. The quantitative estimate of drug-likeness (QED) is 0.601. The van der Waals surface area contributed by atoms with E-state index in [4.69, 9.17) is 0 Å². The van der Waals surface area contributed by atoms with Crippen molar-refractivity contribution in [3.63, 3.8) is 0 Å². The summed E-state index contributed by atoms with van der Waals surface area (Å²) in [5.41, 5.74) is 1.52. The van der Waals surface area contributed by atoms with E-state index in [9.17, 15) is 0 Å². The van der Waals surface area contributed by atoms with E-state index < -0.39 is 0 Å². The SMILES string of the molecule is C=C(CC(C)C)C(C)(CC(C)C)N(C)C. The highest BCUT2D eigenvalue weighted by atomic mass is 15.1. The molecule has 0 amide bonds. The molecule has 0 aromatic carbocycles. The molecular formula is C14H29N. The third-order valence-corrected chi connectivity index (χ3v) is 3.21. The van der Waals surface area contributed by atoms with Crippen LogP contribution in [0.3, 0.4) is 0 Å². The van der Waals surface area contributed by atoms with E-state index in [-0.39, 0.29) is 5.54 Å². The lowest BCUT2D eigenvalue weighted by molar-refractivity contribution is 0.174. The van der Waals surface area contributed by atoms with E-state index in [0.29, 0.717) is 11.8 Å². The second kappa shape index (κ2) is 5.69. The highest BCUT2D eigenvalue weighted by Gasteiger charge is 2.30. The van der Waals surface area contributed by atoms with Crippen LogP contribution in [-0.4, -0.2) is 24.5 Å². The van der Waals surface area contributed by atoms with E-state index in [1.165, 1.54) is 12.0 Å². The molecule has 0 heterocycles. The van der Waals surface area contributed by atoms with Gasteiger partial charge in [0.25, 0.3) is 0 Å². The third-order valence-electron chi connectivity index (χ3n) is 3.21. The van der Waals surface area contributed by atoms with Gasteiger partial charge in [-0.2, -0.15) is 0 Å². The molecule has 0 bridgehead atoms. The third kappa shape index (κ3) is 4.38. The summed E-state index contributed by atoms with van der Waals surface area (Å²) in [6, 6.07) is 0. The van der Waals surface area contributed by atoms with E-state index in [1.807, 2.05) is 0 Å². The summed E-state index contributed by atoms with van der Waals surface area (Å²) in [5, 5.41) is 0. The standard InChI is InChI=1S/C14H29N/c1-11(2)9-13(5)14(6,15(7)8)10-12(3)4/h11-12H,5,9-10H2,1-4,6-8H3. The van der Waals surface area contributed by atoms with E-state index in [1.54, 1.807) is 0 Å². The Morgan fingerprint density at radius 1 is 1.13 bits per heavy atom. The molecule has 0 aromatic rings. The molecule has 0 N–H and O–H groups in total. The molecule has 0 aliphatic carbocycles. The average molecular weight is 211 g/mol. The number of rotatable bonds is 6. The molecule has 0 saturated heterocycles. The van der Waals surface area contributed by atoms with Gasteiger partial charge in [-0.05, 0) is 45.7 Å². The largest absolute Gasteiger partial charge is 0.300 e. The summed E-state index contributed by atoms with van der Waals surface area (Å²) < 4.78 is 0. The Bertz CT molecular complexity index is 203. The van der Waals surface area contributed by atoms with E-state index in [2.05, 4.69) is 60.2 Å². The number of hydrogen-bond acceptors (Lipinski definition) is 1. The molecule has 90 valence electrons. The normalized spacial score (nSPS) is 16.1. The Hall–Kier alpha value is -0.300. The summed E-state index contributed by atoms with van der Waals surface area (Å²) in [5.74, 6) is 1.41. The summed E-state index contributed by atoms with van der Waals surface area (Å²) in [7, 11) is 4.32. The first kappa shape index (κ1) is 14.7. The summed E-state index contributed by atoms with van der Waals surface area (Å²) >= 11 is 0. The maximum atomic E-state index is 4.30. The molecule has 0 saturated carbocycles. The van der Waals surface area contributed by atoms with Crippen molar-refractivity contribution in [2.24, 2.45) is 11.8 Å². The van der Waals surface area contributed by atoms with Crippen LogP contribution in [0, 0.1) is 11.8 Å². The van der Waals surface area contributed by atoms with Crippen molar-refractivity contribution in [3.05, 3.63) is 12.2 Å². The number of likely N-dealkylation sites (N-methyl/N-ethyl adjacent to an activating group) is 1. The Balaban J connectivity index is 4.70. The van der Waals surface area contributed by atoms with Gasteiger partial charge in [-0.25, -0.2) is 0 Å². The van der Waals surface area contributed by atoms with Gasteiger partial charge in [-0.1, -0.05) is 39.8 Å². The van der Waals surface area contributed by atoms with Crippen LogP contribution in [0.1, 0.15) is 47.5 Å². The zero-order valence-electron chi connectivity index (χ0n) is 11.7. The summed E-state index contributed by atoms with van der Waals surface area (Å²) in [6.07, 6.45) is 2.31. The molecule has 0 spiro atoms. The molecule has 1 atom stereocenters. The van der Waals surface area contributed by atoms with Crippen LogP contribution < -0.4 is 0 Å². The van der Waals surface area contributed by atoms with Crippen molar-refractivity contribution in [2.45, 2.75) is 53.0 Å². The molecule has 0 fully saturated rings. The summed E-state index contributed by atoms with van der Waals surface area (Å²) in [6.45, 7) is 15.7. The molecule has 0 radical (unpaired) electrons. The molecular weight excluding hydrogens is 182 g/mol. The second-order valence-corrected chi connectivity index (χ2v) is 5.97. The van der Waals surface area contributed by atoms with Gasteiger partial charge in [0.15, 0.2) is 0 Å². The Morgan fingerprint density at radius 2 is 1.60 bits per heavy atom. The fourth-order valence-corrected chi connectivity index (χ4v) is 2.15. The van der Waals surface area contributed by atoms with Gasteiger partial charge < -0.3 is 4.90 Å². The van der Waals surface area contributed by atoms with Gasteiger partial charge in [-0.3, -0.25) is 0 Å². The van der Waals surface area contributed by atoms with Crippen LogP contribution in [0.2, 0.25) is 0 Å². The average Bonchev–Trinajstić information content (AvgIpc) is 2.00. The number of hydrogen-bond donors (Lipinski definition) is 0. The van der Waals surface area contributed by atoms with Crippen molar-refractivity contribution in [1.82, 2.24) is 4.90 Å². The summed E-state index contributed by atoms with van der Waals surface area (Å²) in [4.78, 5) is 2.32. The zero-order valence-corrected chi connectivity index (χ0v) is 11.7. The maximum absolute atomic E-state index is 4.30. The topological polar surface area (TPSA) is 3.24 Å². The van der Waals surface area contributed by atoms with Crippen molar-refractivity contribution >= 4 is 0 Å². The molecule has 0 rings (SSSR count). The smallest absolute Gasteiger partial charge is 0.0386 e. The van der Waals surface area contributed by atoms with Crippen molar-refractivity contribution < 1.29 is 0 Å². The monoisotopic (exact) mass is 211 g/mol. The predicted octanol–water partition coefficient (Wildman–Crippen LogP) is 3.96. The van der Waals surface area contributed by atoms with Gasteiger partial charge >= 0.3 is 0 Å². The molecule has 1 unspecified atom stereocenters. The van der Waals surface area contributed by atoms with Crippen LogP contribution in [-0.2, 0) is 0 Å². The Morgan fingerprint density at radius 3 is 1.87 bits per heavy atom. The van der Waals surface area contributed by atoms with Crippen LogP contribution in [0.25, 0.3) is 0 Å². The van der Waals surface area contributed by atoms with E-state index in [0.717, 1.165) is 6.42 Å². The molecule has 0 aromatic heterocycles. The van der Waals surface area contributed by atoms with Crippen LogP contribution in [0.4, 0.5) is 0 Å². The Labute approximate surface area is 96.6 Å². The van der Waals surface area contributed by atoms with Gasteiger partial charge in [0.05, 0.1) is 0 Å². The van der Waals surface area contributed by atoms with Crippen molar-refractivity contribution in [3.8, 4) is 0 Å². The Kier molecular flexibility index (Phi) is 5.58. The maximum Gasteiger partial charge on any atom is 0.0386 e. The van der Waals surface area contributed by atoms with Crippen LogP contribution >= 0.6 is 0 Å². The highest BCUT2D eigenvalue weighted by molar-refractivity contribution is 5.15. The lowest BCUT2D eigenvalue weighted by atomic mass is 9.80. The van der Waals surface area contributed by atoms with Gasteiger partial charge in [0, 0.05) is 5.54 Å². The molecule has 15 heavy (non-hydrogen) atoms. The molecule has 1 nitrogen and oxygen atoms in total. The molecule has 0 aliphatic rings. The minimum Gasteiger partial charge on any atom is -0.300 e. The first-order valence-corrected chi connectivity index (χ1v) is 6.05.